The zero-order valence-electron chi connectivity index (χ0n) is 10.8. The average molecular weight is 246 g/mol. The number of allylic oxidation sites excluding steroid dienone is 3. The van der Waals surface area contributed by atoms with Gasteiger partial charge in [-0.25, -0.2) is 0 Å². The van der Waals surface area contributed by atoms with E-state index in [1.54, 1.807) is 0 Å². The fourth-order valence-electron chi connectivity index (χ4n) is 2.05. The maximum Gasteiger partial charge on any atom is 0.0585 e. The van der Waals surface area contributed by atoms with Crippen molar-refractivity contribution >= 4 is 12.4 Å². The van der Waals surface area contributed by atoms with E-state index >= 15 is 0 Å². The molecule has 1 atom stereocenters. The first-order chi connectivity index (χ1) is 8.95. The summed E-state index contributed by atoms with van der Waals surface area (Å²) in [6, 6.07) is 0.482. The van der Waals surface area contributed by atoms with E-state index in [0.29, 0.717) is 6.04 Å². The third-order valence-corrected chi connectivity index (χ3v) is 3.06. The Labute approximate surface area is 109 Å². The van der Waals surface area contributed by atoms with Gasteiger partial charge in [0.05, 0.1) is 18.8 Å². The maximum absolute atomic E-state index is 4.42. The average Bonchev–Trinajstić information content (AvgIpc) is 2.45. The summed E-state index contributed by atoms with van der Waals surface area (Å²) in [5.41, 5.74) is 1.08. The van der Waals surface area contributed by atoms with Gasteiger partial charge in [-0.05, 0) is 25.5 Å². The molecule has 0 aromatic rings. The first kappa shape index (κ1) is 13.0. The van der Waals surface area contributed by atoms with Crippen molar-refractivity contribution in [3.05, 3.63) is 23.9 Å². The fourth-order valence-corrected chi connectivity index (χ4v) is 2.05. The molecule has 2 N–H and O–H groups in total. The molecule has 0 amide bonds. The van der Waals surface area contributed by atoms with Crippen LogP contribution >= 0.6 is 0 Å². The second-order valence-corrected chi connectivity index (χ2v) is 4.58. The van der Waals surface area contributed by atoms with Crippen molar-refractivity contribution in [1.29, 1.82) is 0 Å². The number of dihydropyridines is 1. The molecule has 2 rings (SSSR count). The molecule has 1 fully saturated rings. The molecule has 2 aliphatic heterocycles. The van der Waals surface area contributed by atoms with E-state index in [0.717, 1.165) is 31.9 Å². The van der Waals surface area contributed by atoms with Crippen LogP contribution in [0.5, 0.6) is 0 Å². The highest BCUT2D eigenvalue weighted by atomic mass is 14.9. The van der Waals surface area contributed by atoms with Gasteiger partial charge in [0, 0.05) is 25.0 Å². The van der Waals surface area contributed by atoms with Crippen LogP contribution in [0.2, 0.25) is 0 Å². The van der Waals surface area contributed by atoms with Gasteiger partial charge in [0.1, 0.15) is 0 Å². The highest BCUT2D eigenvalue weighted by Crippen LogP contribution is 2.04. The molecule has 18 heavy (non-hydrogen) atoms. The van der Waals surface area contributed by atoms with Crippen molar-refractivity contribution in [3.63, 3.8) is 0 Å². The summed E-state index contributed by atoms with van der Waals surface area (Å²) in [4.78, 5) is 8.78. The number of piperidine rings is 1. The summed E-state index contributed by atoms with van der Waals surface area (Å²) in [6.45, 7) is 3.55. The van der Waals surface area contributed by atoms with Crippen LogP contribution in [0.15, 0.2) is 33.9 Å². The van der Waals surface area contributed by atoms with Crippen molar-refractivity contribution in [2.45, 2.75) is 25.3 Å². The van der Waals surface area contributed by atoms with Crippen molar-refractivity contribution in [3.8, 4) is 0 Å². The summed E-state index contributed by atoms with van der Waals surface area (Å²) in [5.74, 6) is 0. The van der Waals surface area contributed by atoms with Crippen LogP contribution in [-0.2, 0) is 0 Å². The molecule has 2 aliphatic rings. The van der Waals surface area contributed by atoms with Gasteiger partial charge in [0.25, 0.3) is 0 Å². The van der Waals surface area contributed by atoms with E-state index < -0.39 is 0 Å². The standard InChI is InChI=1S/C14H22N4/c1-3-7-17-13(5-1)11-15-9-10-16-12-14-6-2-4-8-18-14/h1,3,5,11-12,14,17-18H,2,4,6-10H2. The number of rotatable bonds is 5. The molecule has 1 unspecified atom stereocenters. The van der Waals surface area contributed by atoms with E-state index in [9.17, 15) is 0 Å². The van der Waals surface area contributed by atoms with Gasteiger partial charge in [-0.15, -0.1) is 0 Å². The number of nitrogens with zero attached hydrogens (tertiary/aromatic N) is 2. The lowest BCUT2D eigenvalue weighted by Crippen LogP contribution is -2.35. The first-order valence-electron chi connectivity index (χ1n) is 6.79. The van der Waals surface area contributed by atoms with Gasteiger partial charge in [0.2, 0.25) is 0 Å². The monoisotopic (exact) mass is 246 g/mol. The van der Waals surface area contributed by atoms with E-state index in [2.05, 4.69) is 32.9 Å². The minimum atomic E-state index is 0.482. The predicted octanol–water partition coefficient (Wildman–Crippen LogP) is 1.31. The Kier molecular flexibility index (Phi) is 5.66. The largest absolute Gasteiger partial charge is 0.380 e. The molecule has 1 saturated heterocycles. The summed E-state index contributed by atoms with van der Waals surface area (Å²) >= 11 is 0. The van der Waals surface area contributed by atoms with E-state index in [1.807, 2.05) is 18.4 Å². The highest BCUT2D eigenvalue weighted by Gasteiger charge is 2.08. The first-order valence-corrected chi connectivity index (χ1v) is 6.79. The van der Waals surface area contributed by atoms with Crippen LogP contribution in [0.1, 0.15) is 19.3 Å². The Hall–Kier alpha value is -1.42. The van der Waals surface area contributed by atoms with Crippen LogP contribution in [0, 0.1) is 0 Å². The topological polar surface area (TPSA) is 48.8 Å². The second-order valence-electron chi connectivity index (χ2n) is 4.58. The summed E-state index contributed by atoms with van der Waals surface area (Å²) in [5, 5.41) is 6.69. The van der Waals surface area contributed by atoms with E-state index in [4.69, 9.17) is 0 Å². The molecule has 0 aromatic heterocycles. The Morgan fingerprint density at radius 3 is 3.00 bits per heavy atom. The van der Waals surface area contributed by atoms with Gasteiger partial charge in [-0.1, -0.05) is 18.6 Å². The van der Waals surface area contributed by atoms with Crippen LogP contribution in [-0.4, -0.2) is 44.7 Å². The van der Waals surface area contributed by atoms with Crippen LogP contribution in [0.3, 0.4) is 0 Å². The lowest BCUT2D eigenvalue weighted by atomic mass is 10.1. The molecule has 2 heterocycles. The molecule has 0 bridgehead atoms. The van der Waals surface area contributed by atoms with Gasteiger partial charge in [0.15, 0.2) is 0 Å². The van der Waals surface area contributed by atoms with Crippen molar-refractivity contribution in [2.24, 2.45) is 9.98 Å². The van der Waals surface area contributed by atoms with Crippen molar-refractivity contribution < 1.29 is 0 Å². The van der Waals surface area contributed by atoms with Gasteiger partial charge >= 0.3 is 0 Å². The van der Waals surface area contributed by atoms with Crippen LogP contribution in [0.4, 0.5) is 0 Å². The van der Waals surface area contributed by atoms with Gasteiger partial charge in [-0.3, -0.25) is 9.98 Å². The van der Waals surface area contributed by atoms with Crippen molar-refractivity contribution in [1.82, 2.24) is 10.6 Å². The number of hydrogen-bond donors (Lipinski definition) is 2. The zero-order valence-corrected chi connectivity index (χ0v) is 10.8. The number of aliphatic imine (C=N–C) groups is 2. The number of hydrogen-bond acceptors (Lipinski definition) is 4. The highest BCUT2D eigenvalue weighted by molar-refractivity contribution is 5.78. The molecule has 0 saturated carbocycles. The molecule has 0 radical (unpaired) electrons. The summed E-state index contributed by atoms with van der Waals surface area (Å²) < 4.78 is 0. The molecule has 4 nitrogen and oxygen atoms in total. The van der Waals surface area contributed by atoms with E-state index in [1.165, 1.54) is 19.3 Å². The molecule has 4 heteroatoms. The lowest BCUT2D eigenvalue weighted by Gasteiger charge is -2.19. The Bertz CT molecular complexity index is 349. The van der Waals surface area contributed by atoms with E-state index in [-0.39, 0.29) is 0 Å². The smallest absolute Gasteiger partial charge is 0.0585 e. The molecule has 0 aliphatic carbocycles. The molecular weight excluding hydrogens is 224 g/mol. The third kappa shape index (κ3) is 4.84. The number of nitrogens with one attached hydrogen (secondary N) is 2. The SMILES string of the molecule is C1=CCNC(C=NCCN=CC2CCCCN2)=C1. The van der Waals surface area contributed by atoms with Gasteiger partial charge in [-0.2, -0.15) is 0 Å². The van der Waals surface area contributed by atoms with Crippen LogP contribution < -0.4 is 10.6 Å². The van der Waals surface area contributed by atoms with Crippen molar-refractivity contribution in [2.75, 3.05) is 26.2 Å². The van der Waals surface area contributed by atoms with Crippen LogP contribution in [0.25, 0.3) is 0 Å². The predicted molar refractivity (Wildman–Crippen MR) is 77.6 cm³/mol. The molecule has 0 spiro atoms. The second kappa shape index (κ2) is 7.82. The Balaban J connectivity index is 1.60. The molecule has 0 aromatic carbocycles. The Morgan fingerprint density at radius 1 is 1.28 bits per heavy atom. The lowest BCUT2D eigenvalue weighted by molar-refractivity contribution is 0.476. The molecule has 98 valence electrons. The quantitative estimate of drug-likeness (QED) is 0.567. The minimum absolute atomic E-state index is 0.482. The molecular formula is C14H22N4. The zero-order chi connectivity index (χ0) is 12.5. The summed E-state index contributed by atoms with van der Waals surface area (Å²) in [7, 11) is 0. The summed E-state index contributed by atoms with van der Waals surface area (Å²) in [6.07, 6.45) is 13.9. The fraction of sp³-hybridized carbons (Fsp3) is 0.571. The van der Waals surface area contributed by atoms with Gasteiger partial charge < -0.3 is 10.6 Å². The normalized spacial score (nSPS) is 24.4. The third-order valence-electron chi connectivity index (χ3n) is 3.06. The minimum Gasteiger partial charge on any atom is -0.380 e. The Morgan fingerprint density at radius 2 is 2.22 bits per heavy atom. The maximum atomic E-state index is 4.42.